The largest absolute Gasteiger partial charge is 0.305 e. The van der Waals surface area contributed by atoms with E-state index in [-0.39, 0.29) is 21.1 Å². The Kier molecular flexibility index (Phi) is 18.8. The number of hydrogen-bond donors (Lipinski definition) is 0. The van der Waals surface area contributed by atoms with E-state index in [9.17, 15) is 9.59 Å². The van der Waals surface area contributed by atoms with Crippen molar-refractivity contribution in [1.82, 2.24) is 0 Å². The maximum absolute atomic E-state index is 11.4. The molecule has 0 aromatic rings. The number of hydrogen-bond acceptors (Lipinski definition) is 10. The van der Waals surface area contributed by atoms with E-state index in [1.165, 1.54) is 21.6 Å². The molecule has 0 aromatic carbocycles. The monoisotopic (exact) mass is 450 g/mol. The Morgan fingerprint density at radius 3 is 1.42 bits per heavy atom. The van der Waals surface area contributed by atoms with E-state index < -0.39 is 0 Å². The maximum Gasteiger partial charge on any atom is 0.283 e. The number of carbonyl (C=O) groups excluding carboxylic acids is 2. The van der Waals surface area contributed by atoms with Crippen LogP contribution in [0.3, 0.4) is 0 Å². The molecule has 0 N–H and O–H groups in total. The molecule has 0 aliphatic heterocycles. The highest BCUT2D eigenvalue weighted by atomic mass is 33.1. The van der Waals surface area contributed by atoms with Gasteiger partial charge in [0.2, 0.25) is 0 Å². The molecule has 0 fully saturated rings. The molecule has 0 unspecified atom stereocenters. The summed E-state index contributed by atoms with van der Waals surface area (Å²) < 4.78 is 10.4. The maximum atomic E-state index is 11.4. The molecule has 4 nitrogen and oxygen atoms in total. The van der Waals surface area contributed by atoms with Crippen LogP contribution in [0.5, 0.6) is 0 Å². The summed E-state index contributed by atoms with van der Waals surface area (Å²) in [6.45, 7) is 7.62. The summed E-state index contributed by atoms with van der Waals surface area (Å²) in [5.74, 6) is 1.95. The first-order valence-electron chi connectivity index (χ1n) is 7.75. The van der Waals surface area contributed by atoms with Gasteiger partial charge in [0, 0.05) is 11.5 Å². The Morgan fingerprint density at radius 2 is 1.08 bits per heavy atom. The van der Waals surface area contributed by atoms with E-state index in [1.807, 2.05) is 27.7 Å². The molecule has 0 atom stereocenters. The first-order valence-corrected chi connectivity index (χ1v) is 13.9. The molecular weight excluding hydrogens is 425 g/mol. The second-order valence-electron chi connectivity index (χ2n) is 5.18. The zero-order valence-electron chi connectivity index (χ0n) is 14.5. The zero-order chi connectivity index (χ0) is 18.2. The Balaban J connectivity index is 3.25. The van der Waals surface area contributed by atoms with Gasteiger partial charge in [-0.3, -0.25) is 9.59 Å². The molecule has 24 heavy (non-hydrogen) atoms. The van der Waals surface area contributed by atoms with Gasteiger partial charge in [-0.05, 0) is 62.1 Å². The zero-order valence-corrected chi connectivity index (χ0v) is 19.4. The predicted octanol–water partition coefficient (Wildman–Crippen LogP) is 7.70. The number of carbonyl (C=O) groups is 2. The summed E-state index contributed by atoms with van der Waals surface area (Å²) in [5, 5.41) is 0. The van der Waals surface area contributed by atoms with Gasteiger partial charge in [0.1, 0.15) is 0 Å². The van der Waals surface area contributed by atoms with Crippen molar-refractivity contribution < 1.29 is 18.0 Å². The summed E-state index contributed by atoms with van der Waals surface area (Å²) in [7, 11) is 5.69. The van der Waals surface area contributed by atoms with Crippen LogP contribution < -0.4 is 0 Å². The lowest BCUT2D eigenvalue weighted by Crippen LogP contribution is -1.96. The van der Waals surface area contributed by atoms with E-state index in [1.54, 1.807) is 21.6 Å². The molecule has 0 bridgehead atoms. The Labute approximate surface area is 170 Å². The van der Waals surface area contributed by atoms with Gasteiger partial charge in [-0.1, -0.05) is 34.4 Å². The average molecular weight is 451 g/mol. The van der Waals surface area contributed by atoms with Crippen molar-refractivity contribution in [2.75, 3.05) is 11.5 Å². The van der Waals surface area contributed by atoms with Gasteiger partial charge < -0.3 is 8.37 Å². The lowest BCUT2D eigenvalue weighted by molar-refractivity contribution is 0.266. The lowest BCUT2D eigenvalue weighted by atomic mass is 10.2. The third kappa shape index (κ3) is 19.7. The molecule has 142 valence electrons. The fourth-order valence-electron chi connectivity index (χ4n) is 1.15. The molecule has 0 saturated carbocycles. The molecule has 0 aromatic heterocycles. The van der Waals surface area contributed by atoms with Gasteiger partial charge in [-0.2, -0.15) is 0 Å². The minimum Gasteiger partial charge on any atom is -0.305 e. The van der Waals surface area contributed by atoms with E-state index in [0.29, 0.717) is 0 Å². The van der Waals surface area contributed by atoms with Gasteiger partial charge in [-0.25, -0.2) is 0 Å². The fraction of sp³-hybridized carbons (Fsp3) is 0.857. The van der Waals surface area contributed by atoms with Crippen LogP contribution in [0.2, 0.25) is 0 Å². The Bertz CT molecular complexity index is 309. The van der Waals surface area contributed by atoms with Crippen molar-refractivity contribution in [3.05, 3.63) is 0 Å². The molecule has 0 saturated heterocycles. The van der Waals surface area contributed by atoms with Crippen LogP contribution in [0.25, 0.3) is 0 Å². The van der Waals surface area contributed by atoms with Crippen molar-refractivity contribution >= 4 is 76.2 Å². The molecule has 10 heteroatoms. The van der Waals surface area contributed by atoms with Crippen LogP contribution in [-0.4, -0.2) is 32.6 Å². The second-order valence-corrected chi connectivity index (χ2v) is 11.9. The third-order valence-corrected chi connectivity index (χ3v) is 8.89. The molecule has 0 spiro atoms. The standard InChI is InChI=1S/C14H26O4S6/c1-11(2)17-21-13(15)23-19-9-7-5-6-8-10-20-24-14(16)22-18-12(3)4/h11-12H,5-10H2,1-4H3. The van der Waals surface area contributed by atoms with E-state index in [4.69, 9.17) is 8.37 Å². The molecule has 0 rings (SSSR count). The normalized spacial score (nSPS) is 11.4. The van der Waals surface area contributed by atoms with Crippen molar-refractivity contribution in [1.29, 1.82) is 0 Å². The summed E-state index contributed by atoms with van der Waals surface area (Å²) >= 11 is 1.86. The van der Waals surface area contributed by atoms with Gasteiger partial charge in [0.15, 0.2) is 0 Å². The highest BCUT2D eigenvalue weighted by molar-refractivity contribution is 8.86. The van der Waals surface area contributed by atoms with Crippen molar-refractivity contribution in [3.8, 4) is 0 Å². The molecule has 0 amide bonds. The van der Waals surface area contributed by atoms with Crippen LogP contribution in [0.1, 0.15) is 53.4 Å². The fourth-order valence-corrected chi connectivity index (χ4v) is 6.31. The summed E-state index contributed by atoms with van der Waals surface area (Å²) in [6, 6.07) is 0. The molecule has 0 aliphatic rings. The molecule has 0 heterocycles. The summed E-state index contributed by atoms with van der Waals surface area (Å²) in [4.78, 5) is 22.9. The van der Waals surface area contributed by atoms with Crippen LogP contribution in [0.15, 0.2) is 0 Å². The lowest BCUT2D eigenvalue weighted by Gasteiger charge is -2.04. The molecular formula is C14H26O4S6. The highest BCUT2D eigenvalue weighted by Gasteiger charge is 2.07. The van der Waals surface area contributed by atoms with Crippen LogP contribution in [0.4, 0.5) is 9.59 Å². The van der Waals surface area contributed by atoms with Crippen molar-refractivity contribution in [2.24, 2.45) is 0 Å². The minimum absolute atomic E-state index is 0.00566. The van der Waals surface area contributed by atoms with E-state index in [2.05, 4.69) is 0 Å². The number of unbranched alkanes of at least 4 members (excludes halogenated alkanes) is 3. The van der Waals surface area contributed by atoms with E-state index in [0.717, 1.165) is 61.3 Å². The van der Waals surface area contributed by atoms with Crippen LogP contribution in [0, 0.1) is 0 Å². The summed E-state index contributed by atoms with van der Waals surface area (Å²) in [6.07, 6.45) is 4.66. The van der Waals surface area contributed by atoms with Crippen molar-refractivity contribution in [2.45, 2.75) is 65.6 Å². The summed E-state index contributed by atoms with van der Waals surface area (Å²) in [5.41, 5.74) is 0. The average Bonchev–Trinajstić information content (AvgIpc) is 2.52. The van der Waals surface area contributed by atoms with Crippen LogP contribution in [-0.2, 0) is 8.37 Å². The minimum atomic E-state index is 0.00566. The second kappa shape index (κ2) is 17.8. The Hall–Kier alpha value is 1.36. The first kappa shape index (κ1) is 25.4. The molecule has 0 aliphatic carbocycles. The van der Waals surface area contributed by atoms with Gasteiger partial charge in [0.05, 0.1) is 36.3 Å². The third-order valence-electron chi connectivity index (χ3n) is 2.08. The van der Waals surface area contributed by atoms with Gasteiger partial charge in [0.25, 0.3) is 8.89 Å². The topological polar surface area (TPSA) is 52.6 Å². The van der Waals surface area contributed by atoms with Gasteiger partial charge in [-0.15, -0.1) is 0 Å². The number of rotatable bonds is 13. The highest BCUT2D eigenvalue weighted by Crippen LogP contribution is 2.32. The SMILES string of the molecule is CC(C)OSC(=O)SSCCCCCCSSC(=O)SOC(C)C. The Morgan fingerprint density at radius 1 is 0.708 bits per heavy atom. The van der Waals surface area contributed by atoms with Gasteiger partial charge >= 0.3 is 0 Å². The van der Waals surface area contributed by atoms with Crippen LogP contribution >= 0.6 is 67.3 Å². The smallest absolute Gasteiger partial charge is 0.283 e. The van der Waals surface area contributed by atoms with E-state index >= 15 is 0 Å². The predicted molar refractivity (Wildman–Crippen MR) is 117 cm³/mol. The van der Waals surface area contributed by atoms with Crippen molar-refractivity contribution in [3.63, 3.8) is 0 Å². The quantitative estimate of drug-likeness (QED) is 0.158. The molecule has 0 radical (unpaired) electrons. The first-order chi connectivity index (χ1) is 11.4.